The normalized spacial score (nSPS) is 16.8. The summed E-state index contributed by atoms with van der Waals surface area (Å²) < 4.78 is 13.1. The van der Waals surface area contributed by atoms with Crippen molar-refractivity contribution in [2.45, 2.75) is 19.4 Å². The van der Waals surface area contributed by atoms with Crippen LogP contribution in [0, 0.1) is 11.7 Å². The molecule has 0 aromatic heterocycles. The Labute approximate surface area is 164 Å². The molecule has 0 atom stereocenters. The van der Waals surface area contributed by atoms with Crippen molar-refractivity contribution in [2.75, 3.05) is 31.1 Å². The Kier molecular flexibility index (Phi) is 5.28. The smallest absolute Gasteiger partial charge is 0.253 e. The Hall–Kier alpha value is -2.89. The lowest BCUT2D eigenvalue weighted by molar-refractivity contribution is -0.122. The molecule has 1 aliphatic carbocycles. The molecule has 4 rings (SSSR count). The molecule has 1 N–H and O–H groups in total. The molecule has 1 heterocycles. The number of piperazine rings is 1. The van der Waals surface area contributed by atoms with Crippen LogP contribution in [0.4, 0.5) is 10.1 Å². The molecule has 1 saturated heterocycles. The summed E-state index contributed by atoms with van der Waals surface area (Å²) in [5.41, 5.74) is 2.63. The van der Waals surface area contributed by atoms with E-state index in [4.69, 9.17) is 0 Å². The molecule has 28 heavy (non-hydrogen) atoms. The van der Waals surface area contributed by atoms with Gasteiger partial charge < -0.3 is 15.1 Å². The molecule has 0 unspecified atom stereocenters. The summed E-state index contributed by atoms with van der Waals surface area (Å²) in [6.45, 7) is 3.22. The zero-order chi connectivity index (χ0) is 19.5. The van der Waals surface area contributed by atoms with Crippen LogP contribution in [0.25, 0.3) is 0 Å². The third kappa shape index (κ3) is 4.32. The van der Waals surface area contributed by atoms with Gasteiger partial charge in [0.25, 0.3) is 5.91 Å². The molecule has 6 heteroatoms. The number of rotatable bonds is 5. The largest absolute Gasteiger partial charge is 0.368 e. The summed E-state index contributed by atoms with van der Waals surface area (Å²) >= 11 is 0. The molecule has 2 aromatic carbocycles. The zero-order valence-electron chi connectivity index (χ0n) is 15.7. The maximum Gasteiger partial charge on any atom is 0.253 e. The maximum absolute atomic E-state index is 13.1. The van der Waals surface area contributed by atoms with Gasteiger partial charge in [0.1, 0.15) is 5.82 Å². The van der Waals surface area contributed by atoms with Gasteiger partial charge in [-0.3, -0.25) is 9.59 Å². The third-order valence-electron chi connectivity index (χ3n) is 5.37. The number of hydrogen-bond acceptors (Lipinski definition) is 3. The fourth-order valence-electron chi connectivity index (χ4n) is 3.45. The second-order valence-electron chi connectivity index (χ2n) is 7.44. The second-order valence-corrected chi connectivity index (χ2v) is 7.44. The van der Waals surface area contributed by atoms with Crippen molar-refractivity contribution in [2.24, 2.45) is 5.92 Å². The first-order valence-electron chi connectivity index (χ1n) is 9.76. The third-order valence-corrected chi connectivity index (χ3v) is 5.37. The fraction of sp³-hybridized carbons (Fsp3) is 0.364. The summed E-state index contributed by atoms with van der Waals surface area (Å²) in [4.78, 5) is 28.5. The lowest BCUT2D eigenvalue weighted by Crippen LogP contribution is -2.48. The van der Waals surface area contributed by atoms with Gasteiger partial charge >= 0.3 is 0 Å². The molecule has 1 aliphatic heterocycles. The Morgan fingerprint density at radius 3 is 2.18 bits per heavy atom. The van der Waals surface area contributed by atoms with Gasteiger partial charge in [-0.1, -0.05) is 12.1 Å². The SMILES string of the molecule is O=C(NCc1ccc(C(=O)N2CCN(c3ccc(F)cc3)CC2)cc1)C1CC1. The van der Waals surface area contributed by atoms with E-state index in [-0.39, 0.29) is 23.5 Å². The highest BCUT2D eigenvalue weighted by atomic mass is 19.1. The molecule has 2 fully saturated rings. The van der Waals surface area contributed by atoms with Crippen LogP contribution in [0.1, 0.15) is 28.8 Å². The first-order valence-corrected chi connectivity index (χ1v) is 9.76. The predicted octanol–water partition coefficient (Wildman–Crippen LogP) is 2.81. The standard InChI is InChI=1S/C22H24FN3O2/c23-19-7-9-20(10-8-19)25-11-13-26(14-12-25)22(28)18-3-1-16(2-4-18)15-24-21(27)17-5-6-17/h1-4,7-10,17H,5-6,11-15H2,(H,24,27). The van der Waals surface area contributed by atoms with Crippen molar-refractivity contribution in [3.63, 3.8) is 0 Å². The van der Waals surface area contributed by atoms with Crippen molar-refractivity contribution in [3.05, 3.63) is 65.5 Å². The molecule has 0 spiro atoms. The zero-order valence-corrected chi connectivity index (χ0v) is 15.7. The Balaban J connectivity index is 1.29. The molecule has 1 saturated carbocycles. The lowest BCUT2D eigenvalue weighted by Gasteiger charge is -2.36. The Morgan fingerprint density at radius 2 is 1.57 bits per heavy atom. The first-order chi connectivity index (χ1) is 13.6. The molecular formula is C22H24FN3O2. The van der Waals surface area contributed by atoms with Crippen molar-refractivity contribution < 1.29 is 14.0 Å². The minimum atomic E-state index is -0.242. The Bertz CT molecular complexity index is 839. The van der Waals surface area contributed by atoms with Gasteiger partial charge in [-0.2, -0.15) is 0 Å². The van der Waals surface area contributed by atoms with Gasteiger partial charge in [0.2, 0.25) is 5.91 Å². The highest BCUT2D eigenvalue weighted by Gasteiger charge is 2.29. The summed E-state index contributed by atoms with van der Waals surface area (Å²) in [6, 6.07) is 13.9. The molecular weight excluding hydrogens is 357 g/mol. The van der Waals surface area contributed by atoms with Crippen LogP contribution < -0.4 is 10.2 Å². The first kappa shape index (κ1) is 18.5. The van der Waals surface area contributed by atoms with Crippen molar-refractivity contribution in [3.8, 4) is 0 Å². The van der Waals surface area contributed by atoms with E-state index in [2.05, 4.69) is 10.2 Å². The van der Waals surface area contributed by atoms with Gasteiger partial charge in [-0.05, 0) is 54.8 Å². The van der Waals surface area contributed by atoms with Gasteiger partial charge in [-0.25, -0.2) is 4.39 Å². The number of benzene rings is 2. The second kappa shape index (κ2) is 8.00. The van der Waals surface area contributed by atoms with Crippen LogP contribution in [0.15, 0.2) is 48.5 Å². The van der Waals surface area contributed by atoms with Crippen molar-refractivity contribution in [1.29, 1.82) is 0 Å². The topological polar surface area (TPSA) is 52.7 Å². The number of amides is 2. The number of nitrogens with zero attached hydrogens (tertiary/aromatic N) is 2. The number of halogens is 1. The summed E-state index contributed by atoms with van der Waals surface area (Å²) in [7, 11) is 0. The van der Waals surface area contributed by atoms with Crippen LogP contribution in [0.3, 0.4) is 0 Å². The van der Waals surface area contributed by atoms with E-state index in [9.17, 15) is 14.0 Å². The minimum absolute atomic E-state index is 0.0207. The van der Waals surface area contributed by atoms with Crippen LogP contribution >= 0.6 is 0 Å². The number of anilines is 1. The molecule has 0 bridgehead atoms. The van der Waals surface area contributed by atoms with Crippen LogP contribution in [0.2, 0.25) is 0 Å². The summed E-state index contributed by atoms with van der Waals surface area (Å²) in [5.74, 6) is 0.106. The lowest BCUT2D eigenvalue weighted by atomic mass is 10.1. The van der Waals surface area contributed by atoms with E-state index in [1.165, 1.54) is 12.1 Å². The van der Waals surface area contributed by atoms with Crippen molar-refractivity contribution in [1.82, 2.24) is 10.2 Å². The number of hydrogen-bond donors (Lipinski definition) is 1. The quantitative estimate of drug-likeness (QED) is 0.867. The molecule has 146 valence electrons. The van der Waals surface area contributed by atoms with E-state index >= 15 is 0 Å². The van der Waals surface area contributed by atoms with Crippen LogP contribution in [-0.4, -0.2) is 42.9 Å². The summed E-state index contributed by atoms with van der Waals surface area (Å²) in [6.07, 6.45) is 1.99. The minimum Gasteiger partial charge on any atom is -0.368 e. The maximum atomic E-state index is 13.1. The molecule has 5 nitrogen and oxygen atoms in total. The fourth-order valence-corrected chi connectivity index (χ4v) is 3.45. The van der Waals surface area contributed by atoms with E-state index in [1.54, 1.807) is 12.1 Å². The average Bonchev–Trinajstić information content (AvgIpc) is 3.58. The van der Waals surface area contributed by atoms with E-state index in [0.29, 0.717) is 25.2 Å². The van der Waals surface area contributed by atoms with Crippen LogP contribution in [0.5, 0.6) is 0 Å². The molecule has 0 radical (unpaired) electrons. The average molecular weight is 381 g/mol. The monoisotopic (exact) mass is 381 g/mol. The van der Waals surface area contributed by atoms with E-state index in [0.717, 1.165) is 37.2 Å². The van der Waals surface area contributed by atoms with E-state index < -0.39 is 0 Å². The van der Waals surface area contributed by atoms with Crippen LogP contribution in [-0.2, 0) is 11.3 Å². The summed E-state index contributed by atoms with van der Waals surface area (Å²) in [5, 5.41) is 2.93. The highest BCUT2D eigenvalue weighted by Crippen LogP contribution is 2.28. The predicted molar refractivity (Wildman–Crippen MR) is 106 cm³/mol. The number of nitrogens with one attached hydrogen (secondary N) is 1. The number of carbonyl (C=O) groups excluding carboxylic acids is 2. The number of carbonyl (C=O) groups is 2. The highest BCUT2D eigenvalue weighted by molar-refractivity contribution is 5.94. The van der Waals surface area contributed by atoms with Gasteiger partial charge in [0.05, 0.1) is 0 Å². The molecule has 2 aromatic rings. The Morgan fingerprint density at radius 1 is 0.929 bits per heavy atom. The van der Waals surface area contributed by atoms with Gasteiger partial charge in [0, 0.05) is 49.9 Å². The van der Waals surface area contributed by atoms with Crippen molar-refractivity contribution >= 4 is 17.5 Å². The molecule has 2 aliphatic rings. The van der Waals surface area contributed by atoms with Gasteiger partial charge in [0.15, 0.2) is 0 Å². The van der Waals surface area contributed by atoms with Gasteiger partial charge in [-0.15, -0.1) is 0 Å². The molecule has 2 amide bonds. The van der Waals surface area contributed by atoms with E-state index in [1.807, 2.05) is 29.2 Å².